The van der Waals surface area contributed by atoms with E-state index in [2.05, 4.69) is 34.6 Å². The van der Waals surface area contributed by atoms with Gasteiger partial charge in [0.15, 0.2) is 5.79 Å². The third-order valence-corrected chi connectivity index (χ3v) is 11.7. The number of ether oxygens (including phenoxy) is 2. The van der Waals surface area contributed by atoms with E-state index in [-0.39, 0.29) is 11.9 Å². The molecule has 6 aliphatic rings. The van der Waals surface area contributed by atoms with Crippen molar-refractivity contribution in [3.8, 4) is 0 Å². The number of allylic oxidation sites excluding steroid dienone is 1. The molecule has 0 amide bonds. The summed E-state index contributed by atoms with van der Waals surface area (Å²) in [5.74, 6) is 3.91. The molecular weight excluding hydrogens is 384 g/mol. The number of aliphatic hydroxyl groups excluding tert-OH is 1. The van der Waals surface area contributed by atoms with Crippen LogP contribution in [0.3, 0.4) is 0 Å². The van der Waals surface area contributed by atoms with E-state index in [0.29, 0.717) is 34.7 Å². The Labute approximate surface area is 189 Å². The molecule has 2 aliphatic heterocycles. The molecule has 3 saturated carbocycles. The van der Waals surface area contributed by atoms with E-state index in [1.807, 2.05) is 0 Å². The maximum Gasteiger partial charge on any atom is 0.171 e. The van der Waals surface area contributed by atoms with Gasteiger partial charge in [-0.05, 0) is 98.7 Å². The summed E-state index contributed by atoms with van der Waals surface area (Å²) in [4.78, 5) is 0. The second-order valence-electron chi connectivity index (χ2n) is 13.2. The Balaban J connectivity index is 1.30. The van der Waals surface area contributed by atoms with Gasteiger partial charge < -0.3 is 14.6 Å². The van der Waals surface area contributed by atoms with Crippen molar-refractivity contribution < 1.29 is 14.6 Å². The van der Waals surface area contributed by atoms with E-state index in [1.54, 1.807) is 11.1 Å². The van der Waals surface area contributed by atoms with Crippen LogP contribution >= 0.6 is 0 Å². The summed E-state index contributed by atoms with van der Waals surface area (Å²) in [6, 6.07) is 0. The van der Waals surface area contributed by atoms with Crippen LogP contribution in [0.5, 0.6) is 0 Å². The van der Waals surface area contributed by atoms with Gasteiger partial charge in [0, 0.05) is 12.3 Å². The van der Waals surface area contributed by atoms with E-state index in [0.717, 1.165) is 43.6 Å². The van der Waals surface area contributed by atoms with Gasteiger partial charge >= 0.3 is 0 Å². The molecular formula is C28H44O3. The molecule has 4 aliphatic carbocycles. The number of aliphatic hydroxyl groups is 1. The minimum atomic E-state index is -0.298. The average Bonchev–Trinajstić information content (AvgIpc) is 3.17. The van der Waals surface area contributed by atoms with Gasteiger partial charge in [0.1, 0.15) is 0 Å². The first-order valence-corrected chi connectivity index (χ1v) is 13.4. The molecule has 0 aromatic carbocycles. The molecule has 5 fully saturated rings. The van der Waals surface area contributed by atoms with Crippen molar-refractivity contribution >= 4 is 0 Å². The molecule has 3 nitrogen and oxygen atoms in total. The van der Waals surface area contributed by atoms with E-state index < -0.39 is 0 Å². The molecule has 1 spiro atoms. The molecule has 1 N–H and O–H groups in total. The molecule has 0 aromatic heterocycles. The van der Waals surface area contributed by atoms with Crippen LogP contribution in [-0.2, 0) is 9.47 Å². The molecule has 0 radical (unpaired) electrons. The van der Waals surface area contributed by atoms with Crippen LogP contribution in [0, 0.1) is 46.3 Å². The Morgan fingerprint density at radius 1 is 0.968 bits per heavy atom. The summed E-state index contributed by atoms with van der Waals surface area (Å²) in [6.07, 6.45) is 10.9. The van der Waals surface area contributed by atoms with Gasteiger partial charge in [-0.25, -0.2) is 0 Å². The average molecular weight is 429 g/mol. The van der Waals surface area contributed by atoms with Crippen LogP contribution in [0.4, 0.5) is 0 Å². The number of rotatable bonds is 0. The number of fused-ring (bicyclic) bond motifs is 7. The van der Waals surface area contributed by atoms with E-state index in [1.165, 1.54) is 38.5 Å². The zero-order chi connectivity index (χ0) is 21.8. The maximum atomic E-state index is 10.4. The summed E-state index contributed by atoms with van der Waals surface area (Å²) in [5, 5.41) is 10.4. The Bertz CT molecular complexity index is 779. The van der Waals surface area contributed by atoms with E-state index >= 15 is 0 Å². The van der Waals surface area contributed by atoms with Crippen LogP contribution < -0.4 is 0 Å². The molecule has 0 bridgehead atoms. The largest absolute Gasteiger partial charge is 0.393 e. The number of hydrogen-bond acceptors (Lipinski definition) is 3. The minimum absolute atomic E-state index is 0.113. The zero-order valence-electron chi connectivity index (χ0n) is 20.5. The Morgan fingerprint density at radius 2 is 1.77 bits per heavy atom. The van der Waals surface area contributed by atoms with Gasteiger partial charge in [0.2, 0.25) is 0 Å². The Hall–Kier alpha value is -0.380. The molecule has 2 heterocycles. The van der Waals surface area contributed by atoms with Crippen molar-refractivity contribution in [1.29, 1.82) is 0 Å². The molecule has 0 unspecified atom stereocenters. The van der Waals surface area contributed by atoms with Crippen molar-refractivity contribution in [3.63, 3.8) is 0 Å². The minimum Gasteiger partial charge on any atom is -0.393 e. The van der Waals surface area contributed by atoms with Crippen molar-refractivity contribution in [3.05, 3.63) is 11.1 Å². The third kappa shape index (κ3) is 2.75. The first kappa shape index (κ1) is 21.2. The fourth-order valence-corrected chi connectivity index (χ4v) is 10.1. The fourth-order valence-electron chi connectivity index (χ4n) is 10.1. The molecule has 6 rings (SSSR count). The Morgan fingerprint density at radius 3 is 2.52 bits per heavy atom. The molecule has 31 heavy (non-hydrogen) atoms. The lowest BCUT2D eigenvalue weighted by Gasteiger charge is -2.59. The Kier molecular flexibility index (Phi) is 4.66. The van der Waals surface area contributed by atoms with Gasteiger partial charge in [-0.2, -0.15) is 0 Å². The van der Waals surface area contributed by atoms with Gasteiger partial charge in [0.05, 0.1) is 18.8 Å². The lowest BCUT2D eigenvalue weighted by molar-refractivity contribution is -0.272. The predicted octanol–water partition coefficient (Wildman–Crippen LogP) is 6.10. The van der Waals surface area contributed by atoms with Crippen molar-refractivity contribution in [2.75, 3.05) is 6.61 Å². The first-order valence-electron chi connectivity index (χ1n) is 13.4. The summed E-state index contributed by atoms with van der Waals surface area (Å²) in [7, 11) is 0. The molecule has 0 aromatic rings. The maximum absolute atomic E-state index is 10.4. The smallest absolute Gasteiger partial charge is 0.171 e. The first-order chi connectivity index (χ1) is 14.7. The lowest BCUT2D eigenvalue weighted by atomic mass is 9.46. The topological polar surface area (TPSA) is 38.7 Å². The van der Waals surface area contributed by atoms with Gasteiger partial charge in [-0.3, -0.25) is 0 Å². The van der Waals surface area contributed by atoms with Crippen molar-refractivity contribution in [2.24, 2.45) is 46.3 Å². The monoisotopic (exact) mass is 428 g/mol. The van der Waals surface area contributed by atoms with Crippen LogP contribution in [0.25, 0.3) is 0 Å². The molecule has 11 atom stereocenters. The van der Waals surface area contributed by atoms with Crippen LogP contribution in [0.1, 0.15) is 92.4 Å². The summed E-state index contributed by atoms with van der Waals surface area (Å²) in [6.45, 7) is 13.2. The normalized spacial score (nSPS) is 58.6. The molecule has 174 valence electrons. The highest BCUT2D eigenvalue weighted by atomic mass is 16.7. The SMILES string of the molecule is CC1=C2C[C@@H](O)CC[C@]2(C)[C@@H]2CC[C@]3(C)[C@@H]4[C@@H](C)[C@@]5(CC[C@H](C)CO5)O[C@@H]4C[C@@H]3[C@H]2C1. The third-order valence-electron chi connectivity index (χ3n) is 11.7. The van der Waals surface area contributed by atoms with Gasteiger partial charge in [-0.15, -0.1) is 0 Å². The van der Waals surface area contributed by atoms with Crippen LogP contribution in [0.2, 0.25) is 0 Å². The van der Waals surface area contributed by atoms with Crippen molar-refractivity contribution in [1.82, 2.24) is 0 Å². The highest BCUT2D eigenvalue weighted by Gasteiger charge is 2.68. The van der Waals surface area contributed by atoms with Gasteiger partial charge in [-0.1, -0.05) is 38.8 Å². The molecule has 2 saturated heterocycles. The predicted molar refractivity (Wildman–Crippen MR) is 122 cm³/mol. The fraction of sp³-hybridized carbons (Fsp3) is 0.929. The van der Waals surface area contributed by atoms with Crippen LogP contribution in [0.15, 0.2) is 11.1 Å². The van der Waals surface area contributed by atoms with Gasteiger partial charge in [0.25, 0.3) is 0 Å². The summed E-state index contributed by atoms with van der Waals surface area (Å²) in [5.41, 5.74) is 3.95. The standard InChI is InChI=1S/C28H44O3/c1-16-6-11-28(30-15-16)18(3)25-24(31-28)14-23-20-12-17(2)22-13-19(29)7-9-26(22,4)21(20)8-10-27(23,25)5/h16,18-21,23-25,29H,6-15H2,1-5H3/t16-,18+,19-,20-,21+,23+,24+,25+,26+,27-,28+/m0/s1. The van der Waals surface area contributed by atoms with E-state index in [9.17, 15) is 5.11 Å². The highest BCUT2D eigenvalue weighted by molar-refractivity contribution is 5.31. The quantitative estimate of drug-likeness (QED) is 0.474. The highest BCUT2D eigenvalue weighted by Crippen LogP contribution is 2.71. The van der Waals surface area contributed by atoms with Crippen LogP contribution in [-0.4, -0.2) is 29.7 Å². The summed E-state index contributed by atoms with van der Waals surface area (Å²) < 4.78 is 13.4. The second-order valence-corrected chi connectivity index (χ2v) is 13.2. The lowest BCUT2D eigenvalue weighted by Crippen LogP contribution is -2.53. The second kappa shape index (κ2) is 6.83. The van der Waals surface area contributed by atoms with Crippen molar-refractivity contribution in [2.45, 2.75) is 110 Å². The summed E-state index contributed by atoms with van der Waals surface area (Å²) >= 11 is 0. The number of hydrogen-bond donors (Lipinski definition) is 1. The van der Waals surface area contributed by atoms with E-state index in [4.69, 9.17) is 9.47 Å². The molecule has 3 heteroatoms. The zero-order valence-corrected chi connectivity index (χ0v) is 20.5.